The molecule has 0 atom stereocenters. The zero-order valence-corrected chi connectivity index (χ0v) is 9.57. The summed E-state index contributed by atoms with van der Waals surface area (Å²) in [6.45, 7) is 15.0. The van der Waals surface area contributed by atoms with Gasteiger partial charge in [-0.05, 0) is 13.1 Å². The average Bonchev–Trinajstić information content (AvgIpc) is 1.87. The van der Waals surface area contributed by atoms with E-state index in [0.717, 1.165) is 13.1 Å². The number of rotatable bonds is 4. The van der Waals surface area contributed by atoms with Crippen molar-refractivity contribution in [1.29, 1.82) is 0 Å². The fraction of sp³-hybridized carbons (Fsp3) is 1.00. The van der Waals surface area contributed by atoms with E-state index in [2.05, 4.69) is 52.2 Å². The van der Waals surface area contributed by atoms with E-state index < -0.39 is 0 Å². The molecule has 2 N–H and O–H groups in total. The summed E-state index contributed by atoms with van der Waals surface area (Å²) in [5.41, 5.74) is 0. The Morgan fingerprint density at radius 3 is 1.00 bits per heavy atom. The molecule has 0 aromatic carbocycles. The Morgan fingerprint density at radius 1 is 0.750 bits per heavy atom. The van der Waals surface area contributed by atoms with E-state index >= 15 is 0 Å². The molecule has 0 radical (unpaired) electrons. The molecule has 0 aliphatic carbocycles. The van der Waals surface area contributed by atoms with Crippen LogP contribution >= 0.6 is 0 Å². The van der Waals surface area contributed by atoms with Gasteiger partial charge in [-0.15, -0.1) is 0 Å². The summed E-state index contributed by atoms with van der Waals surface area (Å²) in [6, 6.07) is 1.30. The average molecular weight is 174 g/mol. The second-order valence-electron chi connectivity index (χ2n) is 3.42. The first-order valence-corrected chi connectivity index (χ1v) is 5.01. The molecule has 0 amide bonds. The van der Waals surface area contributed by atoms with Crippen molar-refractivity contribution in [3.05, 3.63) is 0 Å². The van der Waals surface area contributed by atoms with Crippen LogP contribution < -0.4 is 10.6 Å². The Kier molecular flexibility index (Phi) is 13.1. The minimum Gasteiger partial charge on any atom is -0.315 e. The normalized spacial score (nSPS) is 10.0. The quantitative estimate of drug-likeness (QED) is 0.681. The lowest BCUT2D eigenvalue weighted by Gasteiger charge is -2.00. The van der Waals surface area contributed by atoms with Gasteiger partial charge >= 0.3 is 0 Å². The second kappa shape index (κ2) is 10.9. The fourth-order valence-electron chi connectivity index (χ4n) is 0.816. The first-order chi connectivity index (χ1) is 5.54. The van der Waals surface area contributed by atoms with Crippen LogP contribution in [0.1, 0.15) is 41.5 Å². The minimum absolute atomic E-state index is 0.648. The van der Waals surface area contributed by atoms with E-state index in [-0.39, 0.29) is 0 Å². The van der Waals surface area contributed by atoms with E-state index in [0.29, 0.717) is 12.1 Å². The smallest absolute Gasteiger partial charge is 0.00102 e. The molecule has 12 heavy (non-hydrogen) atoms. The summed E-state index contributed by atoms with van der Waals surface area (Å²) < 4.78 is 0. The van der Waals surface area contributed by atoms with Crippen LogP contribution in [-0.2, 0) is 0 Å². The van der Waals surface area contributed by atoms with Crippen molar-refractivity contribution in [2.24, 2.45) is 0 Å². The molecular formula is C10H26N2. The van der Waals surface area contributed by atoms with Crippen molar-refractivity contribution in [2.75, 3.05) is 13.1 Å². The summed E-state index contributed by atoms with van der Waals surface area (Å²) in [4.78, 5) is 0. The summed E-state index contributed by atoms with van der Waals surface area (Å²) >= 11 is 0. The Labute approximate surface area is 78.1 Å². The number of hydrogen-bond donors (Lipinski definition) is 2. The van der Waals surface area contributed by atoms with Gasteiger partial charge in [0.2, 0.25) is 0 Å². The molecule has 0 heterocycles. The van der Waals surface area contributed by atoms with Crippen LogP contribution in [0.5, 0.6) is 0 Å². The van der Waals surface area contributed by atoms with Crippen LogP contribution in [0.3, 0.4) is 0 Å². The molecule has 0 spiro atoms. The molecule has 2 nitrogen and oxygen atoms in total. The van der Waals surface area contributed by atoms with Gasteiger partial charge in [0.25, 0.3) is 0 Å². The van der Waals surface area contributed by atoms with Gasteiger partial charge in [0.05, 0.1) is 0 Å². The zero-order valence-electron chi connectivity index (χ0n) is 9.57. The van der Waals surface area contributed by atoms with Crippen molar-refractivity contribution in [3.8, 4) is 0 Å². The molecule has 0 saturated carbocycles. The van der Waals surface area contributed by atoms with Crippen molar-refractivity contribution in [2.45, 2.75) is 53.6 Å². The van der Waals surface area contributed by atoms with E-state index in [1.54, 1.807) is 0 Å². The van der Waals surface area contributed by atoms with Crippen LogP contribution in [-0.4, -0.2) is 25.2 Å². The highest BCUT2D eigenvalue weighted by molar-refractivity contribution is 4.46. The van der Waals surface area contributed by atoms with E-state index in [1.165, 1.54) is 0 Å². The van der Waals surface area contributed by atoms with Gasteiger partial charge in [-0.3, -0.25) is 0 Å². The summed E-state index contributed by atoms with van der Waals surface area (Å²) in [6.07, 6.45) is 0. The maximum Gasteiger partial charge on any atom is 0.00102 e. The molecule has 0 bridgehead atoms. The lowest BCUT2D eigenvalue weighted by Crippen LogP contribution is -2.21. The Bertz CT molecular complexity index is 60.2. The Morgan fingerprint density at radius 2 is 1.00 bits per heavy atom. The van der Waals surface area contributed by atoms with Gasteiger partial charge < -0.3 is 10.6 Å². The summed E-state index contributed by atoms with van der Waals surface area (Å²) in [5.74, 6) is 0. The third-order valence-electron chi connectivity index (χ3n) is 1.22. The predicted octanol–water partition coefficient (Wildman–Crippen LogP) is 2.01. The van der Waals surface area contributed by atoms with Gasteiger partial charge in [0, 0.05) is 12.1 Å². The highest BCUT2D eigenvalue weighted by atomic mass is 14.9. The molecule has 0 aliphatic heterocycles. The lowest BCUT2D eigenvalue weighted by molar-refractivity contribution is 0.612. The van der Waals surface area contributed by atoms with Crippen LogP contribution in [0.4, 0.5) is 0 Å². The highest BCUT2D eigenvalue weighted by Gasteiger charge is 1.82. The standard InChI is InChI=1S/2C5H13N/c2*1-4-6-5(2)3/h2*5-6H,4H2,1-3H3. The topological polar surface area (TPSA) is 24.1 Å². The first kappa shape index (κ1) is 14.4. The minimum atomic E-state index is 0.648. The molecule has 0 aromatic heterocycles. The van der Waals surface area contributed by atoms with E-state index in [1.807, 2.05) is 0 Å². The monoisotopic (exact) mass is 174 g/mol. The van der Waals surface area contributed by atoms with Gasteiger partial charge in [0.1, 0.15) is 0 Å². The van der Waals surface area contributed by atoms with Crippen molar-refractivity contribution < 1.29 is 0 Å². The van der Waals surface area contributed by atoms with Crippen LogP contribution in [0, 0.1) is 0 Å². The molecule has 0 fully saturated rings. The Hall–Kier alpha value is -0.0800. The van der Waals surface area contributed by atoms with E-state index in [4.69, 9.17) is 0 Å². The molecule has 0 aliphatic rings. The van der Waals surface area contributed by atoms with Gasteiger partial charge in [-0.2, -0.15) is 0 Å². The van der Waals surface area contributed by atoms with Crippen LogP contribution in [0.15, 0.2) is 0 Å². The maximum absolute atomic E-state index is 3.21. The van der Waals surface area contributed by atoms with Crippen molar-refractivity contribution >= 4 is 0 Å². The SMILES string of the molecule is CCNC(C)C.CCNC(C)C. The van der Waals surface area contributed by atoms with Crippen LogP contribution in [0.2, 0.25) is 0 Å². The van der Waals surface area contributed by atoms with Crippen LogP contribution in [0.25, 0.3) is 0 Å². The molecule has 0 rings (SSSR count). The summed E-state index contributed by atoms with van der Waals surface area (Å²) in [7, 11) is 0. The number of nitrogens with one attached hydrogen (secondary N) is 2. The highest BCUT2D eigenvalue weighted by Crippen LogP contribution is 1.71. The molecule has 0 unspecified atom stereocenters. The molecule has 2 heteroatoms. The molecular weight excluding hydrogens is 148 g/mol. The Balaban J connectivity index is 0. The van der Waals surface area contributed by atoms with Gasteiger partial charge in [-0.25, -0.2) is 0 Å². The van der Waals surface area contributed by atoms with Crippen molar-refractivity contribution in [3.63, 3.8) is 0 Å². The molecule has 0 saturated heterocycles. The third-order valence-corrected chi connectivity index (χ3v) is 1.22. The largest absolute Gasteiger partial charge is 0.315 e. The molecule has 0 aromatic rings. The lowest BCUT2D eigenvalue weighted by atomic mass is 10.4. The molecule has 76 valence electrons. The fourth-order valence-corrected chi connectivity index (χ4v) is 0.816. The maximum atomic E-state index is 3.21. The second-order valence-corrected chi connectivity index (χ2v) is 3.42. The summed E-state index contributed by atoms with van der Waals surface area (Å²) in [5, 5.41) is 6.42. The van der Waals surface area contributed by atoms with E-state index in [9.17, 15) is 0 Å². The first-order valence-electron chi connectivity index (χ1n) is 5.01. The number of hydrogen-bond acceptors (Lipinski definition) is 2. The van der Waals surface area contributed by atoms with Gasteiger partial charge in [-0.1, -0.05) is 41.5 Å². The zero-order chi connectivity index (χ0) is 9.98. The van der Waals surface area contributed by atoms with Gasteiger partial charge in [0.15, 0.2) is 0 Å². The third kappa shape index (κ3) is 22.5. The van der Waals surface area contributed by atoms with Crippen molar-refractivity contribution in [1.82, 2.24) is 10.6 Å². The predicted molar refractivity (Wildman–Crippen MR) is 57.6 cm³/mol.